The summed E-state index contributed by atoms with van der Waals surface area (Å²) < 4.78 is 1.17. The second-order valence-corrected chi connectivity index (χ2v) is 7.20. The molecule has 0 bridgehead atoms. The lowest BCUT2D eigenvalue weighted by atomic mass is 10.0. The molecule has 4 heteroatoms. The number of anilines is 2. The van der Waals surface area contributed by atoms with Crippen LogP contribution in [0.3, 0.4) is 0 Å². The third-order valence-electron chi connectivity index (χ3n) is 5.05. The van der Waals surface area contributed by atoms with Crippen LogP contribution in [0.25, 0.3) is 0 Å². The highest BCUT2D eigenvalue weighted by Crippen LogP contribution is 2.28. The smallest absolute Gasteiger partial charge is 0.0912 e. The molecule has 0 radical (unpaired) electrons. The van der Waals surface area contributed by atoms with E-state index in [0.29, 0.717) is 0 Å². The van der Waals surface area contributed by atoms with Crippen LogP contribution in [0.15, 0.2) is 18.2 Å². The van der Waals surface area contributed by atoms with Crippen LogP contribution in [-0.4, -0.2) is 69.3 Å². The van der Waals surface area contributed by atoms with Gasteiger partial charge in [0.15, 0.2) is 0 Å². The molecule has 4 nitrogen and oxygen atoms in total. The molecular formula is C17H29N4+. The average molecular weight is 289 g/mol. The van der Waals surface area contributed by atoms with Crippen molar-refractivity contribution < 1.29 is 4.48 Å². The lowest BCUT2D eigenvalue weighted by molar-refractivity contribution is -0.894. The molecular weight excluding hydrogens is 260 g/mol. The molecule has 1 saturated heterocycles. The highest BCUT2D eigenvalue weighted by atomic mass is 15.4. The Hall–Kier alpha value is -1.26. The van der Waals surface area contributed by atoms with E-state index in [9.17, 15) is 0 Å². The Kier molecular flexibility index (Phi) is 4.09. The molecule has 2 aliphatic rings. The Morgan fingerprint density at radius 2 is 1.86 bits per heavy atom. The van der Waals surface area contributed by atoms with Crippen molar-refractivity contribution in [2.75, 3.05) is 70.5 Å². The van der Waals surface area contributed by atoms with E-state index in [1.807, 2.05) is 6.07 Å². The fourth-order valence-electron chi connectivity index (χ4n) is 3.43. The van der Waals surface area contributed by atoms with Gasteiger partial charge < -0.3 is 15.1 Å². The molecule has 0 aliphatic carbocycles. The molecule has 2 N–H and O–H groups in total. The number of hydrogen-bond acceptors (Lipinski definition) is 3. The SMILES string of the molecule is C[N+]1(C)CCN(CCN2CCCc3ccc(N)cc32)CC1. The summed E-state index contributed by atoms with van der Waals surface area (Å²) in [7, 11) is 4.67. The lowest BCUT2D eigenvalue weighted by Crippen LogP contribution is -2.55. The number of quaternary nitrogens is 1. The summed E-state index contributed by atoms with van der Waals surface area (Å²) in [5, 5.41) is 0. The van der Waals surface area contributed by atoms with Crippen LogP contribution in [0.5, 0.6) is 0 Å². The van der Waals surface area contributed by atoms with E-state index in [2.05, 4.69) is 36.0 Å². The number of benzene rings is 1. The summed E-state index contributed by atoms with van der Waals surface area (Å²) in [6.07, 6.45) is 2.46. The fourth-order valence-corrected chi connectivity index (χ4v) is 3.43. The summed E-state index contributed by atoms with van der Waals surface area (Å²) in [4.78, 5) is 5.15. The van der Waals surface area contributed by atoms with Gasteiger partial charge in [0.2, 0.25) is 0 Å². The molecule has 3 rings (SSSR count). The highest BCUT2D eigenvalue weighted by Gasteiger charge is 2.25. The molecule has 0 unspecified atom stereocenters. The van der Waals surface area contributed by atoms with Gasteiger partial charge in [-0.3, -0.25) is 4.90 Å². The van der Waals surface area contributed by atoms with Crippen molar-refractivity contribution in [1.29, 1.82) is 0 Å². The van der Waals surface area contributed by atoms with Gasteiger partial charge in [-0.25, -0.2) is 0 Å². The molecule has 1 fully saturated rings. The number of nitrogens with two attached hydrogens (primary N) is 1. The zero-order chi connectivity index (χ0) is 14.9. The molecule has 1 aromatic rings. The molecule has 2 heterocycles. The standard InChI is InChI=1S/C17H29N4/c1-21(2)12-10-19(11-13-21)8-9-20-7-3-4-15-5-6-16(18)14-17(15)20/h5-6,14H,3-4,7-13,18H2,1-2H3/q+1. The van der Waals surface area contributed by atoms with E-state index in [0.717, 1.165) is 12.2 Å². The fraction of sp³-hybridized carbons (Fsp3) is 0.647. The Morgan fingerprint density at radius 3 is 2.62 bits per heavy atom. The van der Waals surface area contributed by atoms with Crippen molar-refractivity contribution in [1.82, 2.24) is 4.90 Å². The number of rotatable bonds is 3. The van der Waals surface area contributed by atoms with Gasteiger partial charge in [-0.1, -0.05) is 6.07 Å². The Balaban J connectivity index is 1.59. The lowest BCUT2D eigenvalue weighted by Gasteiger charge is -2.40. The number of hydrogen-bond donors (Lipinski definition) is 1. The first-order valence-electron chi connectivity index (χ1n) is 8.21. The number of piperazine rings is 1. The number of likely N-dealkylation sites (N-methyl/N-ethyl adjacent to an activating group) is 1. The third kappa shape index (κ3) is 3.50. The number of nitrogen functional groups attached to an aromatic ring is 1. The van der Waals surface area contributed by atoms with Crippen molar-refractivity contribution in [3.63, 3.8) is 0 Å². The first kappa shape index (κ1) is 14.7. The molecule has 0 amide bonds. The van der Waals surface area contributed by atoms with E-state index >= 15 is 0 Å². The average Bonchev–Trinajstić information content (AvgIpc) is 2.46. The van der Waals surface area contributed by atoms with Crippen LogP contribution in [0, 0.1) is 0 Å². The summed E-state index contributed by atoms with van der Waals surface area (Å²) >= 11 is 0. The molecule has 0 atom stereocenters. The summed E-state index contributed by atoms with van der Waals surface area (Å²) in [6.45, 7) is 8.46. The quantitative estimate of drug-likeness (QED) is 0.675. The van der Waals surface area contributed by atoms with Crippen molar-refractivity contribution >= 4 is 11.4 Å². The van der Waals surface area contributed by atoms with Gasteiger partial charge in [0, 0.05) is 44.1 Å². The van der Waals surface area contributed by atoms with Crippen molar-refractivity contribution in [2.24, 2.45) is 0 Å². The molecule has 1 aromatic carbocycles. The number of aryl methyl sites for hydroxylation is 1. The highest BCUT2D eigenvalue weighted by molar-refractivity contribution is 5.62. The summed E-state index contributed by atoms with van der Waals surface area (Å²) in [6, 6.07) is 6.40. The molecule has 116 valence electrons. The van der Waals surface area contributed by atoms with Crippen molar-refractivity contribution in [3.8, 4) is 0 Å². The van der Waals surface area contributed by atoms with Gasteiger partial charge in [0.1, 0.15) is 0 Å². The number of nitrogens with zero attached hydrogens (tertiary/aromatic N) is 3. The summed E-state index contributed by atoms with van der Waals surface area (Å²) in [5.41, 5.74) is 9.69. The van der Waals surface area contributed by atoms with Crippen LogP contribution in [0.2, 0.25) is 0 Å². The minimum atomic E-state index is 0.887. The zero-order valence-electron chi connectivity index (χ0n) is 13.5. The van der Waals surface area contributed by atoms with Gasteiger partial charge in [0.25, 0.3) is 0 Å². The molecule has 0 aromatic heterocycles. The molecule has 0 saturated carbocycles. The predicted octanol–water partition coefficient (Wildman–Crippen LogP) is 1.41. The van der Waals surface area contributed by atoms with Crippen LogP contribution in [0.1, 0.15) is 12.0 Å². The first-order valence-corrected chi connectivity index (χ1v) is 8.21. The normalized spacial score (nSPS) is 22.1. The Labute approximate surface area is 128 Å². The Morgan fingerprint density at radius 1 is 1.10 bits per heavy atom. The van der Waals surface area contributed by atoms with Gasteiger partial charge in [0.05, 0.1) is 27.2 Å². The molecule has 21 heavy (non-hydrogen) atoms. The van der Waals surface area contributed by atoms with Crippen LogP contribution in [0.4, 0.5) is 11.4 Å². The topological polar surface area (TPSA) is 32.5 Å². The van der Waals surface area contributed by atoms with Gasteiger partial charge in [-0.05, 0) is 30.5 Å². The monoisotopic (exact) mass is 289 g/mol. The Bertz CT molecular complexity index is 488. The second-order valence-electron chi connectivity index (χ2n) is 7.20. The minimum absolute atomic E-state index is 0.887. The predicted molar refractivity (Wildman–Crippen MR) is 89.7 cm³/mol. The van der Waals surface area contributed by atoms with E-state index < -0.39 is 0 Å². The van der Waals surface area contributed by atoms with Gasteiger partial charge in [-0.2, -0.15) is 0 Å². The van der Waals surface area contributed by atoms with E-state index in [1.165, 1.54) is 67.8 Å². The first-order chi connectivity index (χ1) is 10.0. The van der Waals surface area contributed by atoms with Crippen LogP contribution < -0.4 is 10.6 Å². The molecule has 2 aliphatic heterocycles. The zero-order valence-corrected chi connectivity index (χ0v) is 13.5. The van der Waals surface area contributed by atoms with Crippen molar-refractivity contribution in [2.45, 2.75) is 12.8 Å². The maximum atomic E-state index is 5.97. The van der Waals surface area contributed by atoms with E-state index in [-0.39, 0.29) is 0 Å². The van der Waals surface area contributed by atoms with Gasteiger partial charge >= 0.3 is 0 Å². The summed E-state index contributed by atoms with van der Waals surface area (Å²) in [5.74, 6) is 0. The largest absolute Gasteiger partial charge is 0.399 e. The minimum Gasteiger partial charge on any atom is -0.399 e. The second kappa shape index (κ2) is 5.85. The maximum Gasteiger partial charge on any atom is 0.0912 e. The van der Waals surface area contributed by atoms with E-state index in [4.69, 9.17) is 5.73 Å². The number of fused-ring (bicyclic) bond motifs is 1. The van der Waals surface area contributed by atoms with Crippen LogP contribution >= 0.6 is 0 Å². The van der Waals surface area contributed by atoms with Crippen molar-refractivity contribution in [3.05, 3.63) is 23.8 Å². The maximum absolute atomic E-state index is 5.97. The van der Waals surface area contributed by atoms with E-state index in [1.54, 1.807) is 0 Å². The molecule has 0 spiro atoms. The third-order valence-corrected chi connectivity index (χ3v) is 5.05. The van der Waals surface area contributed by atoms with Crippen LogP contribution in [-0.2, 0) is 6.42 Å². The van der Waals surface area contributed by atoms with Gasteiger partial charge in [-0.15, -0.1) is 0 Å².